The van der Waals surface area contributed by atoms with Crippen molar-refractivity contribution >= 4 is 32.3 Å². The number of benzene rings is 5. The maximum absolute atomic E-state index is 5.50. The van der Waals surface area contributed by atoms with E-state index in [1.807, 2.05) is 6.07 Å². The SMILES string of the molecule is COc1ccc2c(c1)c(-c1ccccc1)cc1cc3ccccc3cc12. The van der Waals surface area contributed by atoms with Crippen LogP contribution >= 0.6 is 0 Å². The summed E-state index contributed by atoms with van der Waals surface area (Å²) in [4.78, 5) is 0. The average Bonchev–Trinajstić information content (AvgIpc) is 2.72. The first kappa shape index (κ1) is 15.0. The van der Waals surface area contributed by atoms with Crippen LogP contribution in [0.2, 0.25) is 0 Å². The van der Waals surface area contributed by atoms with E-state index < -0.39 is 0 Å². The van der Waals surface area contributed by atoms with Crippen LogP contribution in [-0.2, 0) is 0 Å². The van der Waals surface area contributed by atoms with Crippen molar-refractivity contribution in [3.8, 4) is 16.9 Å². The van der Waals surface area contributed by atoms with Gasteiger partial charge in [0.1, 0.15) is 5.75 Å². The lowest BCUT2D eigenvalue weighted by Crippen LogP contribution is -1.88. The summed E-state index contributed by atoms with van der Waals surface area (Å²) in [5.41, 5.74) is 2.46. The van der Waals surface area contributed by atoms with Crippen molar-refractivity contribution in [2.45, 2.75) is 0 Å². The molecular weight excluding hydrogens is 316 g/mol. The fourth-order valence-corrected chi connectivity index (χ4v) is 3.81. The van der Waals surface area contributed by atoms with Crippen molar-refractivity contribution in [3.05, 3.63) is 91.0 Å². The second-order valence-corrected chi connectivity index (χ2v) is 6.62. The van der Waals surface area contributed by atoms with E-state index in [1.165, 1.54) is 43.4 Å². The standard InChI is InChI=1S/C25H18O/c1-26-21-11-12-22-24-14-19-10-6-5-9-18(19)13-20(24)15-23(25(22)16-21)17-7-3-2-4-8-17/h2-16H,1H3. The van der Waals surface area contributed by atoms with E-state index in [9.17, 15) is 0 Å². The molecule has 0 unspecified atom stereocenters. The molecule has 0 radical (unpaired) electrons. The van der Waals surface area contributed by atoms with Crippen molar-refractivity contribution in [1.29, 1.82) is 0 Å². The Labute approximate surface area is 152 Å². The Kier molecular flexibility index (Phi) is 3.39. The maximum atomic E-state index is 5.50. The van der Waals surface area contributed by atoms with Crippen molar-refractivity contribution < 1.29 is 4.74 Å². The Morgan fingerprint density at radius 1 is 0.538 bits per heavy atom. The van der Waals surface area contributed by atoms with Crippen LogP contribution < -0.4 is 4.74 Å². The van der Waals surface area contributed by atoms with Crippen LogP contribution in [0, 0.1) is 0 Å². The maximum Gasteiger partial charge on any atom is 0.119 e. The molecule has 0 N–H and O–H groups in total. The topological polar surface area (TPSA) is 9.23 Å². The number of methoxy groups -OCH3 is 1. The Morgan fingerprint density at radius 3 is 2.04 bits per heavy atom. The lowest BCUT2D eigenvalue weighted by Gasteiger charge is -2.13. The summed E-state index contributed by atoms with van der Waals surface area (Å²) >= 11 is 0. The molecule has 1 nitrogen and oxygen atoms in total. The minimum Gasteiger partial charge on any atom is -0.497 e. The van der Waals surface area contributed by atoms with Crippen molar-refractivity contribution in [2.24, 2.45) is 0 Å². The van der Waals surface area contributed by atoms with Gasteiger partial charge in [0.2, 0.25) is 0 Å². The van der Waals surface area contributed by atoms with Gasteiger partial charge in [0.15, 0.2) is 0 Å². The second kappa shape index (κ2) is 5.89. The summed E-state index contributed by atoms with van der Waals surface area (Å²) in [6.07, 6.45) is 0. The van der Waals surface area contributed by atoms with E-state index in [1.54, 1.807) is 7.11 Å². The van der Waals surface area contributed by atoms with Gasteiger partial charge in [-0.25, -0.2) is 0 Å². The lowest BCUT2D eigenvalue weighted by molar-refractivity contribution is 0.415. The molecule has 124 valence electrons. The monoisotopic (exact) mass is 334 g/mol. The molecule has 5 aromatic rings. The molecule has 0 aliphatic carbocycles. The van der Waals surface area contributed by atoms with Gasteiger partial charge >= 0.3 is 0 Å². The third-order valence-electron chi connectivity index (χ3n) is 5.11. The van der Waals surface area contributed by atoms with E-state index >= 15 is 0 Å². The Balaban J connectivity index is 1.96. The molecule has 0 aliphatic rings. The molecule has 5 aromatic carbocycles. The zero-order valence-electron chi connectivity index (χ0n) is 14.6. The van der Waals surface area contributed by atoms with Crippen LogP contribution in [0.5, 0.6) is 5.75 Å². The van der Waals surface area contributed by atoms with Gasteiger partial charge in [-0.1, -0.05) is 60.7 Å². The number of hydrogen-bond donors (Lipinski definition) is 0. The average molecular weight is 334 g/mol. The van der Waals surface area contributed by atoms with Crippen LogP contribution in [0.25, 0.3) is 43.4 Å². The van der Waals surface area contributed by atoms with Gasteiger partial charge in [-0.15, -0.1) is 0 Å². The molecule has 0 atom stereocenters. The third-order valence-corrected chi connectivity index (χ3v) is 5.11. The van der Waals surface area contributed by atoms with Crippen molar-refractivity contribution in [1.82, 2.24) is 0 Å². The van der Waals surface area contributed by atoms with Gasteiger partial charge in [-0.05, 0) is 73.8 Å². The molecule has 0 saturated heterocycles. The number of ether oxygens (including phenoxy) is 1. The van der Waals surface area contributed by atoms with E-state index in [4.69, 9.17) is 4.74 Å². The van der Waals surface area contributed by atoms with Crippen molar-refractivity contribution in [3.63, 3.8) is 0 Å². The highest BCUT2D eigenvalue weighted by molar-refractivity contribution is 6.17. The number of rotatable bonds is 2. The molecule has 0 bridgehead atoms. The minimum absolute atomic E-state index is 0.884. The molecule has 0 aromatic heterocycles. The molecule has 0 heterocycles. The molecule has 0 spiro atoms. The van der Waals surface area contributed by atoms with Crippen LogP contribution in [0.15, 0.2) is 91.0 Å². The van der Waals surface area contributed by atoms with Gasteiger partial charge in [0.25, 0.3) is 0 Å². The zero-order chi connectivity index (χ0) is 17.5. The first-order valence-electron chi connectivity index (χ1n) is 8.82. The van der Waals surface area contributed by atoms with E-state index in [0.717, 1.165) is 5.75 Å². The first-order chi connectivity index (χ1) is 12.8. The zero-order valence-corrected chi connectivity index (χ0v) is 14.6. The second-order valence-electron chi connectivity index (χ2n) is 6.62. The van der Waals surface area contributed by atoms with Gasteiger partial charge in [0, 0.05) is 0 Å². The number of fused-ring (bicyclic) bond motifs is 4. The molecule has 1 heteroatoms. The molecule has 0 fully saturated rings. The van der Waals surface area contributed by atoms with E-state index in [0.29, 0.717) is 0 Å². The summed E-state index contributed by atoms with van der Waals surface area (Å²) in [5, 5.41) is 7.56. The Hall–Kier alpha value is -3.32. The largest absolute Gasteiger partial charge is 0.497 e. The molecule has 0 aliphatic heterocycles. The molecule has 0 saturated carbocycles. The third kappa shape index (κ3) is 2.33. The summed E-state index contributed by atoms with van der Waals surface area (Å²) < 4.78 is 5.50. The van der Waals surface area contributed by atoms with E-state index in [-0.39, 0.29) is 0 Å². The fraction of sp³-hybridized carbons (Fsp3) is 0.0400. The molecule has 5 rings (SSSR count). The Morgan fingerprint density at radius 2 is 1.27 bits per heavy atom. The number of hydrogen-bond acceptors (Lipinski definition) is 1. The normalized spacial score (nSPS) is 11.3. The van der Waals surface area contributed by atoms with E-state index in [2.05, 4.69) is 84.9 Å². The summed E-state index contributed by atoms with van der Waals surface area (Å²) in [6.45, 7) is 0. The van der Waals surface area contributed by atoms with Crippen LogP contribution in [-0.4, -0.2) is 7.11 Å². The van der Waals surface area contributed by atoms with Gasteiger partial charge in [-0.3, -0.25) is 0 Å². The minimum atomic E-state index is 0.884. The predicted octanol–water partition coefficient (Wildman–Crippen LogP) is 6.82. The first-order valence-corrected chi connectivity index (χ1v) is 8.82. The summed E-state index contributed by atoms with van der Waals surface area (Å²) in [7, 11) is 1.72. The van der Waals surface area contributed by atoms with Crippen LogP contribution in [0.1, 0.15) is 0 Å². The van der Waals surface area contributed by atoms with Crippen LogP contribution in [0.3, 0.4) is 0 Å². The Bertz CT molecular complexity index is 1250. The molecule has 0 amide bonds. The van der Waals surface area contributed by atoms with Gasteiger partial charge in [0.05, 0.1) is 7.11 Å². The van der Waals surface area contributed by atoms with Crippen molar-refractivity contribution in [2.75, 3.05) is 7.11 Å². The lowest BCUT2D eigenvalue weighted by atomic mass is 9.91. The van der Waals surface area contributed by atoms with Crippen LogP contribution in [0.4, 0.5) is 0 Å². The molecule has 26 heavy (non-hydrogen) atoms. The van der Waals surface area contributed by atoms with Gasteiger partial charge in [-0.2, -0.15) is 0 Å². The predicted molar refractivity (Wildman–Crippen MR) is 111 cm³/mol. The molecular formula is C25H18O. The fourth-order valence-electron chi connectivity index (χ4n) is 3.81. The summed E-state index contributed by atoms with van der Waals surface area (Å²) in [6, 6.07) is 32.4. The quantitative estimate of drug-likeness (QED) is 0.254. The smallest absolute Gasteiger partial charge is 0.119 e. The van der Waals surface area contributed by atoms with Gasteiger partial charge < -0.3 is 4.74 Å². The highest BCUT2D eigenvalue weighted by Crippen LogP contribution is 2.38. The highest BCUT2D eigenvalue weighted by Gasteiger charge is 2.10. The summed E-state index contributed by atoms with van der Waals surface area (Å²) in [5.74, 6) is 0.884. The highest BCUT2D eigenvalue weighted by atomic mass is 16.5.